The van der Waals surface area contributed by atoms with E-state index in [4.69, 9.17) is 4.74 Å². The summed E-state index contributed by atoms with van der Waals surface area (Å²) in [7, 11) is 2.85. The fourth-order valence-corrected chi connectivity index (χ4v) is 2.53. The lowest BCUT2D eigenvalue weighted by Gasteiger charge is -2.16. The van der Waals surface area contributed by atoms with Crippen molar-refractivity contribution in [3.05, 3.63) is 65.2 Å². The van der Waals surface area contributed by atoms with Gasteiger partial charge in [-0.05, 0) is 44.0 Å². The first-order chi connectivity index (χ1) is 10.0. The van der Waals surface area contributed by atoms with Crippen LogP contribution in [0.5, 0.6) is 5.75 Å². The Kier molecular flexibility index (Phi) is 5.78. The van der Waals surface area contributed by atoms with Crippen LogP contribution >= 0.6 is 9.24 Å². The van der Waals surface area contributed by atoms with Gasteiger partial charge in [0.25, 0.3) is 0 Å². The number of nitrogens with one attached hydrogen (secondary N) is 1. The molecule has 0 radical (unpaired) electrons. The highest BCUT2D eigenvalue weighted by atomic mass is 31.0. The van der Waals surface area contributed by atoms with E-state index in [9.17, 15) is 0 Å². The van der Waals surface area contributed by atoms with Crippen LogP contribution in [-0.2, 0) is 6.54 Å². The van der Waals surface area contributed by atoms with Crippen LogP contribution in [0.15, 0.2) is 48.5 Å². The molecule has 0 heterocycles. The van der Waals surface area contributed by atoms with Crippen LogP contribution in [0.25, 0.3) is 0 Å². The molecule has 0 spiro atoms. The first-order valence-corrected chi connectivity index (χ1v) is 8.02. The highest BCUT2D eigenvalue weighted by Crippen LogP contribution is 2.23. The smallest absolute Gasteiger partial charge is 0.119 e. The fraction of sp³-hybridized carbons (Fsp3) is 0.333. The first kappa shape index (κ1) is 16.0. The van der Waals surface area contributed by atoms with Crippen molar-refractivity contribution in [3.63, 3.8) is 0 Å². The molecule has 0 fully saturated rings. The summed E-state index contributed by atoms with van der Waals surface area (Å²) in [6, 6.07) is 16.9. The second kappa shape index (κ2) is 7.59. The summed E-state index contributed by atoms with van der Waals surface area (Å²) in [6.45, 7) is 7.06. The molecule has 0 aliphatic rings. The first-order valence-electron chi connectivity index (χ1n) is 7.36. The predicted molar refractivity (Wildman–Crippen MR) is 92.7 cm³/mol. The van der Waals surface area contributed by atoms with Gasteiger partial charge in [-0.25, -0.2) is 0 Å². The number of hydrogen-bond donors (Lipinski definition) is 1. The standard InChI is InChI=1S/C18H24NOP/c1-13(2)20-17-9-7-16(8-10-17)18(21)19-12-15-6-4-5-14(3)11-15/h4-11,13,18-19H,12,21H2,1-3H3. The minimum Gasteiger partial charge on any atom is -0.491 e. The summed E-state index contributed by atoms with van der Waals surface area (Å²) < 4.78 is 5.66. The van der Waals surface area contributed by atoms with Gasteiger partial charge < -0.3 is 10.1 Å². The van der Waals surface area contributed by atoms with Gasteiger partial charge in [0.1, 0.15) is 5.75 Å². The van der Waals surface area contributed by atoms with E-state index >= 15 is 0 Å². The maximum absolute atomic E-state index is 5.66. The highest BCUT2D eigenvalue weighted by molar-refractivity contribution is 7.17. The summed E-state index contributed by atoms with van der Waals surface area (Å²) in [4.78, 5) is 0. The molecule has 1 N–H and O–H groups in total. The maximum Gasteiger partial charge on any atom is 0.119 e. The van der Waals surface area contributed by atoms with Crippen molar-refractivity contribution in [3.8, 4) is 5.75 Å². The normalized spacial score (nSPS) is 12.4. The summed E-state index contributed by atoms with van der Waals surface area (Å²) in [6.07, 6.45) is 0.210. The number of ether oxygens (including phenoxy) is 1. The topological polar surface area (TPSA) is 21.3 Å². The third kappa shape index (κ3) is 5.15. The van der Waals surface area contributed by atoms with E-state index in [1.807, 2.05) is 26.0 Å². The van der Waals surface area contributed by atoms with Gasteiger partial charge >= 0.3 is 0 Å². The third-order valence-corrected chi connectivity index (χ3v) is 3.84. The van der Waals surface area contributed by atoms with Crippen LogP contribution in [0, 0.1) is 6.92 Å². The van der Waals surface area contributed by atoms with Crippen LogP contribution in [0.2, 0.25) is 0 Å². The largest absolute Gasteiger partial charge is 0.491 e. The van der Waals surface area contributed by atoms with Crippen molar-refractivity contribution in [1.82, 2.24) is 5.32 Å². The van der Waals surface area contributed by atoms with Gasteiger partial charge in [0, 0.05) is 12.3 Å². The average Bonchev–Trinajstić information content (AvgIpc) is 2.45. The van der Waals surface area contributed by atoms with Crippen molar-refractivity contribution < 1.29 is 4.74 Å². The molecule has 2 aromatic carbocycles. The van der Waals surface area contributed by atoms with E-state index in [1.54, 1.807) is 0 Å². The van der Waals surface area contributed by atoms with Crippen LogP contribution in [0.3, 0.4) is 0 Å². The van der Waals surface area contributed by atoms with Gasteiger partial charge in [-0.1, -0.05) is 42.0 Å². The van der Waals surface area contributed by atoms with Crippen molar-refractivity contribution >= 4 is 9.24 Å². The zero-order valence-electron chi connectivity index (χ0n) is 13.0. The van der Waals surface area contributed by atoms with E-state index in [2.05, 4.69) is 57.9 Å². The van der Waals surface area contributed by atoms with Gasteiger partial charge in [0.05, 0.1) is 6.10 Å². The molecule has 0 bridgehead atoms. The van der Waals surface area contributed by atoms with Gasteiger partial charge in [0.15, 0.2) is 0 Å². The minimum absolute atomic E-state index is 0.210. The molecule has 112 valence electrons. The lowest BCUT2D eigenvalue weighted by molar-refractivity contribution is 0.242. The van der Waals surface area contributed by atoms with Crippen LogP contribution in [0.1, 0.15) is 36.3 Å². The van der Waals surface area contributed by atoms with E-state index in [1.165, 1.54) is 16.7 Å². The highest BCUT2D eigenvalue weighted by Gasteiger charge is 2.06. The van der Waals surface area contributed by atoms with E-state index < -0.39 is 0 Å². The lowest BCUT2D eigenvalue weighted by atomic mass is 10.1. The van der Waals surface area contributed by atoms with Crippen LogP contribution in [-0.4, -0.2) is 6.10 Å². The second-order valence-electron chi connectivity index (χ2n) is 5.58. The van der Waals surface area contributed by atoms with Crippen molar-refractivity contribution in [1.29, 1.82) is 0 Å². The van der Waals surface area contributed by atoms with E-state index in [0.717, 1.165) is 12.3 Å². The Bertz CT molecular complexity index is 566. The molecular formula is C18H24NOP. The molecule has 2 atom stereocenters. The molecule has 2 rings (SSSR count). The van der Waals surface area contributed by atoms with Gasteiger partial charge in [-0.3, -0.25) is 0 Å². The Morgan fingerprint density at radius 2 is 1.81 bits per heavy atom. The maximum atomic E-state index is 5.66. The lowest BCUT2D eigenvalue weighted by Crippen LogP contribution is -2.15. The Labute approximate surface area is 130 Å². The fourth-order valence-electron chi connectivity index (χ4n) is 2.19. The van der Waals surface area contributed by atoms with Crippen molar-refractivity contribution in [2.45, 2.75) is 39.2 Å². The Balaban J connectivity index is 1.92. The molecule has 2 unspecified atom stereocenters. The number of rotatable bonds is 6. The minimum atomic E-state index is 0.210. The van der Waals surface area contributed by atoms with Gasteiger partial charge in [-0.15, -0.1) is 9.24 Å². The van der Waals surface area contributed by atoms with Crippen molar-refractivity contribution in [2.24, 2.45) is 0 Å². The third-order valence-electron chi connectivity index (χ3n) is 3.22. The Hall–Kier alpha value is -1.37. The molecule has 0 amide bonds. The van der Waals surface area contributed by atoms with Crippen molar-refractivity contribution in [2.75, 3.05) is 0 Å². The average molecular weight is 301 g/mol. The number of benzene rings is 2. The summed E-state index contributed by atoms with van der Waals surface area (Å²) in [5.41, 5.74) is 3.84. The molecular weight excluding hydrogens is 277 g/mol. The zero-order chi connectivity index (χ0) is 15.2. The summed E-state index contributed by atoms with van der Waals surface area (Å²) in [5.74, 6) is 1.16. The SMILES string of the molecule is Cc1cccc(CNC(P)c2ccc(OC(C)C)cc2)c1. The predicted octanol–water partition coefficient (Wildman–Crippen LogP) is 4.45. The Morgan fingerprint density at radius 3 is 2.43 bits per heavy atom. The number of aryl methyl sites for hydroxylation is 1. The summed E-state index contributed by atoms with van der Waals surface area (Å²) >= 11 is 0. The summed E-state index contributed by atoms with van der Waals surface area (Å²) in [5, 5.41) is 3.52. The van der Waals surface area contributed by atoms with Gasteiger partial charge in [-0.2, -0.15) is 0 Å². The molecule has 2 nitrogen and oxygen atoms in total. The molecule has 0 aromatic heterocycles. The zero-order valence-corrected chi connectivity index (χ0v) is 14.1. The van der Waals surface area contributed by atoms with E-state index in [-0.39, 0.29) is 11.9 Å². The molecule has 0 aliphatic carbocycles. The molecule has 0 saturated carbocycles. The second-order valence-corrected chi connectivity index (χ2v) is 6.25. The molecule has 0 saturated heterocycles. The van der Waals surface area contributed by atoms with Crippen LogP contribution < -0.4 is 10.1 Å². The molecule has 0 aliphatic heterocycles. The quantitative estimate of drug-likeness (QED) is 0.796. The molecule has 21 heavy (non-hydrogen) atoms. The Morgan fingerprint density at radius 1 is 1.10 bits per heavy atom. The molecule has 3 heteroatoms. The number of hydrogen-bond acceptors (Lipinski definition) is 2. The molecule has 2 aromatic rings. The monoisotopic (exact) mass is 301 g/mol. The van der Waals surface area contributed by atoms with E-state index in [0.29, 0.717) is 0 Å². The van der Waals surface area contributed by atoms with Gasteiger partial charge in [0.2, 0.25) is 0 Å². The van der Waals surface area contributed by atoms with Crippen LogP contribution in [0.4, 0.5) is 0 Å².